The lowest BCUT2D eigenvalue weighted by molar-refractivity contribution is -0.130. The molecule has 0 bridgehead atoms. The minimum Gasteiger partial charge on any atom is -0.404 e. The van der Waals surface area contributed by atoms with E-state index in [4.69, 9.17) is 9.16 Å². The van der Waals surface area contributed by atoms with Crippen LogP contribution in [0.2, 0.25) is 24.7 Å². The highest BCUT2D eigenvalue weighted by molar-refractivity contribution is 6.99. The molecule has 4 fully saturated rings. The fourth-order valence-corrected chi connectivity index (χ4v) is 16.7. The number of hydrogen-bond donors (Lipinski definition) is 0. The lowest BCUT2D eigenvalue weighted by Gasteiger charge is -2.61. The van der Waals surface area contributed by atoms with E-state index in [9.17, 15) is 0 Å². The molecule has 250 valence electrons. The SMILES string of the molecule is COC(C#C[Si](C)(C)C)[C@H]1CCC2C3CC[C@@H]4C[C@@H](O[Si](c5ccccc5)(c5ccccc5)C(C)(C)C)CC[C@]4(C)C3CC[C@@]21C. The number of benzene rings is 2. The lowest BCUT2D eigenvalue weighted by atomic mass is 9.44. The van der Waals surface area contributed by atoms with Crippen LogP contribution in [0, 0.1) is 51.9 Å². The van der Waals surface area contributed by atoms with Crippen LogP contribution in [0.25, 0.3) is 0 Å². The van der Waals surface area contributed by atoms with Crippen molar-refractivity contribution in [2.45, 2.75) is 129 Å². The van der Waals surface area contributed by atoms with Gasteiger partial charge in [-0.05, 0) is 108 Å². The second-order valence-electron chi connectivity index (χ2n) is 18.2. The molecule has 2 aromatic carbocycles. The van der Waals surface area contributed by atoms with Gasteiger partial charge in [-0.2, -0.15) is 0 Å². The van der Waals surface area contributed by atoms with Gasteiger partial charge in [-0.1, -0.05) is 121 Å². The van der Waals surface area contributed by atoms with Crippen molar-refractivity contribution in [3.05, 3.63) is 60.7 Å². The predicted molar refractivity (Wildman–Crippen MR) is 200 cm³/mol. The highest BCUT2D eigenvalue weighted by Gasteiger charge is 2.62. The van der Waals surface area contributed by atoms with Crippen molar-refractivity contribution in [3.8, 4) is 11.5 Å². The highest BCUT2D eigenvalue weighted by atomic mass is 28.4. The highest BCUT2D eigenvalue weighted by Crippen LogP contribution is 2.68. The first-order valence-electron chi connectivity index (χ1n) is 18.6. The van der Waals surface area contributed by atoms with Crippen LogP contribution in [0.4, 0.5) is 0 Å². The fourth-order valence-electron chi connectivity index (χ4n) is 11.4. The molecule has 6 rings (SSSR count). The van der Waals surface area contributed by atoms with E-state index in [1.54, 1.807) is 0 Å². The molecule has 0 aliphatic heterocycles. The maximum Gasteiger partial charge on any atom is 0.261 e. The largest absolute Gasteiger partial charge is 0.404 e. The maximum absolute atomic E-state index is 7.75. The molecule has 0 aromatic heterocycles. The summed E-state index contributed by atoms with van der Waals surface area (Å²) in [5.41, 5.74) is 4.47. The number of rotatable bonds is 6. The molecule has 0 heterocycles. The summed E-state index contributed by atoms with van der Waals surface area (Å²) >= 11 is 0. The van der Waals surface area contributed by atoms with Crippen molar-refractivity contribution >= 4 is 26.8 Å². The Balaban J connectivity index is 1.23. The van der Waals surface area contributed by atoms with Crippen LogP contribution in [0.3, 0.4) is 0 Å². The molecule has 0 spiro atoms. The summed E-state index contributed by atoms with van der Waals surface area (Å²) in [7, 11) is -2.06. The Kier molecular flexibility index (Phi) is 9.42. The van der Waals surface area contributed by atoms with Gasteiger partial charge in [-0.15, -0.1) is 5.54 Å². The molecule has 9 atom stereocenters. The first kappa shape index (κ1) is 34.2. The third-order valence-corrected chi connectivity index (χ3v) is 19.6. The third kappa shape index (κ3) is 5.95. The zero-order valence-electron chi connectivity index (χ0n) is 30.5. The number of methoxy groups -OCH3 is 1. The van der Waals surface area contributed by atoms with Crippen LogP contribution >= 0.6 is 0 Å². The van der Waals surface area contributed by atoms with Crippen LogP contribution in [0.5, 0.6) is 0 Å². The smallest absolute Gasteiger partial charge is 0.261 e. The van der Waals surface area contributed by atoms with Crippen LogP contribution in [0.15, 0.2) is 60.7 Å². The summed E-state index contributed by atoms with van der Waals surface area (Å²) in [4.78, 5) is 0. The zero-order chi connectivity index (χ0) is 33.0. The quantitative estimate of drug-likeness (QED) is 0.228. The van der Waals surface area contributed by atoms with Gasteiger partial charge in [0.05, 0.1) is 0 Å². The van der Waals surface area contributed by atoms with Gasteiger partial charge in [0.15, 0.2) is 0 Å². The lowest BCUT2D eigenvalue weighted by Crippen LogP contribution is -2.68. The zero-order valence-corrected chi connectivity index (χ0v) is 32.5. The van der Waals surface area contributed by atoms with Gasteiger partial charge in [0.1, 0.15) is 14.2 Å². The van der Waals surface area contributed by atoms with Crippen LogP contribution in [-0.4, -0.2) is 35.7 Å². The summed E-state index contributed by atoms with van der Waals surface area (Å²) in [5, 5.41) is 2.86. The number of hydrogen-bond acceptors (Lipinski definition) is 2. The van der Waals surface area contributed by atoms with Gasteiger partial charge in [-0.25, -0.2) is 0 Å². The minimum atomic E-state index is -2.54. The van der Waals surface area contributed by atoms with Crippen LogP contribution < -0.4 is 10.4 Å². The standard InChI is InChI=1S/C42H62O2Si2/c1-40(2,3)46(33-16-12-10-13-17-33,34-18-14-11-15-19-34)44-32-24-27-41(4)31(30-32)20-21-35-36-22-23-38(42(36,5)28-25-37(35)41)39(43-6)26-29-45(7,8)9/h10-19,31-32,35-39H,20-25,27-28,30H2,1-9H3/t31-,32+,35?,36?,37?,38-,39?,41+,42+/m1/s1. The second-order valence-corrected chi connectivity index (χ2v) is 27.2. The molecule has 4 unspecified atom stereocenters. The van der Waals surface area contributed by atoms with E-state index in [1.165, 1.54) is 68.2 Å². The van der Waals surface area contributed by atoms with E-state index in [0.29, 0.717) is 22.9 Å². The fraction of sp³-hybridized carbons (Fsp3) is 0.667. The molecule has 0 radical (unpaired) electrons. The summed E-state index contributed by atoms with van der Waals surface area (Å²) in [6.45, 7) is 19.7. The molecular formula is C42H62O2Si2. The van der Waals surface area contributed by atoms with E-state index in [2.05, 4.69) is 126 Å². The Morgan fingerprint density at radius 3 is 1.91 bits per heavy atom. The Labute approximate surface area is 284 Å². The second kappa shape index (κ2) is 12.7. The van der Waals surface area contributed by atoms with Gasteiger partial charge < -0.3 is 9.16 Å². The van der Waals surface area contributed by atoms with Crippen molar-refractivity contribution in [2.24, 2.45) is 40.4 Å². The summed E-state index contributed by atoms with van der Waals surface area (Å²) in [6, 6.07) is 22.6. The van der Waals surface area contributed by atoms with E-state index in [0.717, 1.165) is 23.7 Å². The van der Waals surface area contributed by atoms with E-state index in [1.807, 2.05) is 7.11 Å². The first-order valence-corrected chi connectivity index (χ1v) is 24.0. The average molecular weight is 655 g/mol. The van der Waals surface area contributed by atoms with Gasteiger partial charge in [0.2, 0.25) is 0 Å². The van der Waals surface area contributed by atoms with Crippen LogP contribution in [0.1, 0.15) is 92.4 Å². The van der Waals surface area contributed by atoms with Crippen molar-refractivity contribution < 1.29 is 9.16 Å². The number of ether oxygens (including phenoxy) is 1. The summed E-state index contributed by atoms with van der Waals surface area (Å²) in [5.74, 6) is 7.55. The van der Waals surface area contributed by atoms with Gasteiger partial charge >= 0.3 is 0 Å². The minimum absolute atomic E-state index is 0.0282. The van der Waals surface area contributed by atoms with Gasteiger partial charge in [-0.3, -0.25) is 0 Å². The number of fused-ring (bicyclic) bond motifs is 5. The van der Waals surface area contributed by atoms with Crippen LogP contribution in [-0.2, 0) is 9.16 Å². The summed E-state index contributed by atoms with van der Waals surface area (Å²) in [6.07, 6.45) is 12.3. The Bertz CT molecular complexity index is 1360. The first-order chi connectivity index (χ1) is 21.7. The molecule has 4 aliphatic rings. The van der Waals surface area contributed by atoms with Gasteiger partial charge in [0, 0.05) is 19.1 Å². The van der Waals surface area contributed by atoms with E-state index in [-0.39, 0.29) is 11.1 Å². The monoisotopic (exact) mass is 654 g/mol. The maximum atomic E-state index is 7.75. The molecule has 46 heavy (non-hydrogen) atoms. The molecule has 2 nitrogen and oxygen atoms in total. The molecule has 4 aliphatic carbocycles. The van der Waals surface area contributed by atoms with Crippen molar-refractivity contribution in [1.29, 1.82) is 0 Å². The Morgan fingerprint density at radius 2 is 1.35 bits per heavy atom. The third-order valence-electron chi connectivity index (χ3n) is 13.7. The molecule has 0 N–H and O–H groups in total. The predicted octanol–water partition coefficient (Wildman–Crippen LogP) is 9.49. The summed E-state index contributed by atoms with van der Waals surface area (Å²) < 4.78 is 13.9. The molecule has 0 saturated heterocycles. The Hall–Kier alpha value is -1.65. The average Bonchev–Trinajstić information content (AvgIpc) is 3.37. The van der Waals surface area contributed by atoms with Gasteiger partial charge in [0.25, 0.3) is 8.32 Å². The molecule has 0 amide bonds. The van der Waals surface area contributed by atoms with Crippen molar-refractivity contribution in [2.75, 3.05) is 7.11 Å². The topological polar surface area (TPSA) is 18.5 Å². The normalized spacial score (nSPS) is 35.2. The van der Waals surface area contributed by atoms with Crippen molar-refractivity contribution in [1.82, 2.24) is 0 Å². The molecule has 4 heteroatoms. The van der Waals surface area contributed by atoms with Crippen molar-refractivity contribution in [3.63, 3.8) is 0 Å². The Morgan fingerprint density at radius 1 is 0.761 bits per heavy atom. The molecule has 4 saturated carbocycles. The molecule has 2 aromatic rings. The molecular weight excluding hydrogens is 593 g/mol. The van der Waals surface area contributed by atoms with E-state index < -0.39 is 16.4 Å². The van der Waals surface area contributed by atoms with E-state index >= 15 is 0 Å².